The van der Waals surface area contributed by atoms with Crippen molar-refractivity contribution in [3.8, 4) is 0 Å². The van der Waals surface area contributed by atoms with Gasteiger partial charge >= 0.3 is 0 Å². The van der Waals surface area contributed by atoms with Gasteiger partial charge in [-0.05, 0) is 19.8 Å². The van der Waals surface area contributed by atoms with E-state index >= 15 is 0 Å². The molecule has 6 nitrogen and oxygen atoms in total. The lowest BCUT2D eigenvalue weighted by molar-refractivity contribution is -0.140. The van der Waals surface area contributed by atoms with Gasteiger partial charge in [0.25, 0.3) is 0 Å². The van der Waals surface area contributed by atoms with Gasteiger partial charge in [0.1, 0.15) is 0 Å². The summed E-state index contributed by atoms with van der Waals surface area (Å²) in [5.74, 6) is -0.984. The van der Waals surface area contributed by atoms with E-state index in [0.29, 0.717) is 18.0 Å². The number of likely N-dealkylation sites (tertiary alicyclic amines) is 1. The summed E-state index contributed by atoms with van der Waals surface area (Å²) in [6.07, 6.45) is 5.25. The van der Waals surface area contributed by atoms with Gasteiger partial charge in [-0.2, -0.15) is 0 Å². The van der Waals surface area contributed by atoms with Gasteiger partial charge in [0.2, 0.25) is 17.7 Å². The maximum Gasteiger partial charge on any atom is 0.233 e. The number of imide groups is 1. The molecule has 1 N–H and O–H groups in total. The van der Waals surface area contributed by atoms with Gasteiger partial charge in [-0.1, -0.05) is 12.2 Å². The third-order valence-electron chi connectivity index (χ3n) is 4.03. The van der Waals surface area contributed by atoms with E-state index in [1.165, 1.54) is 16.2 Å². The Balaban J connectivity index is 1.56. The molecule has 1 aromatic rings. The molecule has 0 bridgehead atoms. The number of allylic oxidation sites excluding steroid dienone is 2. The maximum absolute atomic E-state index is 12.3. The summed E-state index contributed by atoms with van der Waals surface area (Å²) < 4.78 is 0. The van der Waals surface area contributed by atoms with Crippen molar-refractivity contribution < 1.29 is 14.4 Å². The maximum atomic E-state index is 12.3. The van der Waals surface area contributed by atoms with Crippen molar-refractivity contribution >= 4 is 34.2 Å². The average molecular weight is 319 g/mol. The van der Waals surface area contributed by atoms with Crippen molar-refractivity contribution in [1.29, 1.82) is 0 Å². The third-order valence-corrected chi connectivity index (χ3v) is 4.90. The minimum Gasteiger partial charge on any atom is -0.302 e. The summed E-state index contributed by atoms with van der Waals surface area (Å²) in [7, 11) is 0. The standard InChI is InChI=1S/C15H17N3O3S/c1-9-8-22-15(16-9)17-12(19)6-7-18-13(20)10-4-2-3-5-11(10)14(18)21/h2-3,8,10-11H,4-7H2,1H3,(H,16,17,19)/t10-,11-/m1/s1. The fourth-order valence-corrected chi connectivity index (χ4v) is 3.60. The fourth-order valence-electron chi connectivity index (χ4n) is 2.90. The Bertz CT molecular complexity index is 626. The summed E-state index contributed by atoms with van der Waals surface area (Å²) in [6, 6.07) is 0. The van der Waals surface area contributed by atoms with Crippen LogP contribution in [0.25, 0.3) is 0 Å². The van der Waals surface area contributed by atoms with Crippen molar-refractivity contribution in [2.75, 3.05) is 11.9 Å². The van der Waals surface area contributed by atoms with Crippen LogP contribution in [0.15, 0.2) is 17.5 Å². The monoisotopic (exact) mass is 319 g/mol. The normalized spacial score (nSPS) is 23.8. The Morgan fingerprint density at radius 3 is 2.50 bits per heavy atom. The molecule has 0 unspecified atom stereocenters. The molecule has 1 aliphatic heterocycles. The van der Waals surface area contributed by atoms with Crippen LogP contribution in [-0.4, -0.2) is 34.2 Å². The number of carbonyl (C=O) groups excluding carboxylic acids is 3. The van der Waals surface area contributed by atoms with E-state index in [2.05, 4.69) is 10.3 Å². The molecule has 22 heavy (non-hydrogen) atoms. The second-order valence-corrected chi connectivity index (χ2v) is 6.43. The van der Waals surface area contributed by atoms with Crippen LogP contribution < -0.4 is 5.32 Å². The number of amides is 3. The van der Waals surface area contributed by atoms with E-state index < -0.39 is 0 Å². The Kier molecular flexibility index (Phi) is 4.06. The smallest absolute Gasteiger partial charge is 0.233 e. The molecule has 0 radical (unpaired) electrons. The Morgan fingerprint density at radius 2 is 1.95 bits per heavy atom. The molecule has 7 heteroatoms. The number of nitrogens with one attached hydrogen (secondary N) is 1. The van der Waals surface area contributed by atoms with Crippen molar-refractivity contribution in [3.05, 3.63) is 23.2 Å². The molecular weight excluding hydrogens is 302 g/mol. The quantitative estimate of drug-likeness (QED) is 0.677. The second kappa shape index (κ2) is 6.00. The summed E-state index contributed by atoms with van der Waals surface area (Å²) in [5.41, 5.74) is 0.849. The molecule has 0 aromatic carbocycles. The molecule has 1 saturated heterocycles. The summed E-state index contributed by atoms with van der Waals surface area (Å²) in [5, 5.41) is 5.08. The topological polar surface area (TPSA) is 79.4 Å². The zero-order chi connectivity index (χ0) is 15.7. The zero-order valence-electron chi connectivity index (χ0n) is 12.2. The van der Waals surface area contributed by atoms with Crippen LogP contribution in [0.1, 0.15) is 25.0 Å². The lowest BCUT2D eigenvalue weighted by atomic mass is 9.85. The minimum absolute atomic E-state index is 0.100. The highest BCUT2D eigenvalue weighted by atomic mass is 32.1. The van der Waals surface area contributed by atoms with Crippen LogP contribution in [0.2, 0.25) is 0 Å². The van der Waals surface area contributed by atoms with E-state index in [0.717, 1.165) is 5.69 Å². The number of aryl methyl sites for hydroxylation is 1. The number of carbonyl (C=O) groups is 3. The molecule has 2 heterocycles. The Morgan fingerprint density at radius 1 is 1.32 bits per heavy atom. The van der Waals surface area contributed by atoms with Gasteiger partial charge < -0.3 is 5.32 Å². The Labute approximate surface area is 132 Å². The van der Waals surface area contributed by atoms with E-state index in [9.17, 15) is 14.4 Å². The Hall–Kier alpha value is -2.02. The first-order chi connectivity index (χ1) is 10.6. The highest BCUT2D eigenvalue weighted by Crippen LogP contribution is 2.35. The molecule has 116 valence electrons. The molecule has 1 aromatic heterocycles. The number of anilines is 1. The molecule has 0 saturated carbocycles. The SMILES string of the molecule is Cc1csc(NC(=O)CCN2C(=O)[C@@H]3CC=CC[C@H]3C2=O)n1. The van der Waals surface area contributed by atoms with Crippen molar-refractivity contribution in [3.63, 3.8) is 0 Å². The molecule has 2 atom stereocenters. The molecular formula is C15H17N3O3S. The van der Waals surface area contributed by atoms with Crippen LogP contribution >= 0.6 is 11.3 Å². The molecule has 3 amide bonds. The number of nitrogens with zero attached hydrogens (tertiary/aromatic N) is 2. The molecule has 1 fully saturated rings. The van der Waals surface area contributed by atoms with Gasteiger partial charge in [0, 0.05) is 18.3 Å². The van der Waals surface area contributed by atoms with E-state index in [1.54, 1.807) is 0 Å². The number of aromatic nitrogens is 1. The first-order valence-corrected chi connectivity index (χ1v) is 8.16. The van der Waals surface area contributed by atoms with Crippen LogP contribution in [0, 0.1) is 18.8 Å². The van der Waals surface area contributed by atoms with E-state index in [1.807, 2.05) is 24.5 Å². The van der Waals surface area contributed by atoms with Crippen molar-refractivity contribution in [2.45, 2.75) is 26.2 Å². The molecule has 1 aliphatic carbocycles. The number of thiazole rings is 1. The van der Waals surface area contributed by atoms with Gasteiger partial charge in [0.15, 0.2) is 5.13 Å². The first-order valence-electron chi connectivity index (χ1n) is 7.28. The largest absolute Gasteiger partial charge is 0.302 e. The molecule has 0 spiro atoms. The molecule has 3 rings (SSSR count). The van der Waals surface area contributed by atoms with Crippen LogP contribution in [-0.2, 0) is 14.4 Å². The molecule has 2 aliphatic rings. The average Bonchev–Trinajstić information content (AvgIpc) is 3.01. The number of fused-ring (bicyclic) bond motifs is 1. The number of rotatable bonds is 4. The minimum atomic E-state index is -0.234. The lowest BCUT2D eigenvalue weighted by Crippen LogP contribution is -2.34. The van der Waals surface area contributed by atoms with E-state index in [-0.39, 0.29) is 42.5 Å². The van der Waals surface area contributed by atoms with Crippen molar-refractivity contribution in [2.24, 2.45) is 11.8 Å². The number of hydrogen-bond donors (Lipinski definition) is 1. The summed E-state index contributed by atoms with van der Waals surface area (Å²) in [4.78, 5) is 41.8. The van der Waals surface area contributed by atoms with Crippen LogP contribution in [0.4, 0.5) is 5.13 Å². The van der Waals surface area contributed by atoms with Gasteiger partial charge in [-0.3, -0.25) is 19.3 Å². The van der Waals surface area contributed by atoms with Crippen LogP contribution in [0.3, 0.4) is 0 Å². The number of hydrogen-bond acceptors (Lipinski definition) is 5. The highest BCUT2D eigenvalue weighted by molar-refractivity contribution is 7.13. The second-order valence-electron chi connectivity index (χ2n) is 5.58. The first kappa shape index (κ1) is 14.9. The predicted octanol–water partition coefficient (Wildman–Crippen LogP) is 1.73. The third kappa shape index (κ3) is 2.81. The van der Waals surface area contributed by atoms with Gasteiger partial charge in [-0.25, -0.2) is 4.98 Å². The van der Waals surface area contributed by atoms with Gasteiger partial charge in [-0.15, -0.1) is 11.3 Å². The fraction of sp³-hybridized carbons (Fsp3) is 0.467. The highest BCUT2D eigenvalue weighted by Gasteiger charge is 2.46. The van der Waals surface area contributed by atoms with Crippen LogP contribution in [0.5, 0.6) is 0 Å². The van der Waals surface area contributed by atoms with Crippen molar-refractivity contribution in [1.82, 2.24) is 9.88 Å². The summed E-state index contributed by atoms with van der Waals surface area (Å²) in [6.45, 7) is 1.99. The summed E-state index contributed by atoms with van der Waals surface area (Å²) >= 11 is 1.35. The zero-order valence-corrected chi connectivity index (χ0v) is 13.1. The lowest BCUT2D eigenvalue weighted by Gasteiger charge is -2.14. The van der Waals surface area contributed by atoms with E-state index in [4.69, 9.17) is 0 Å². The predicted molar refractivity (Wildman–Crippen MR) is 82.2 cm³/mol. The van der Waals surface area contributed by atoms with Gasteiger partial charge in [0.05, 0.1) is 17.5 Å².